The predicted molar refractivity (Wildman–Crippen MR) is 71.6 cm³/mol. The van der Waals surface area contributed by atoms with Gasteiger partial charge in [-0.2, -0.15) is 0 Å². The zero-order valence-electron chi connectivity index (χ0n) is 11.0. The second kappa shape index (κ2) is 7.34. The van der Waals surface area contributed by atoms with Crippen LogP contribution >= 0.6 is 0 Å². The molecule has 0 bridgehead atoms. The van der Waals surface area contributed by atoms with Gasteiger partial charge in [0.15, 0.2) is 0 Å². The Morgan fingerprint density at radius 2 is 2.00 bits per heavy atom. The van der Waals surface area contributed by atoms with Crippen molar-refractivity contribution in [3.8, 4) is 0 Å². The molecule has 1 saturated carbocycles. The Morgan fingerprint density at radius 3 is 2.53 bits per heavy atom. The van der Waals surface area contributed by atoms with Gasteiger partial charge in [0.05, 0.1) is 5.75 Å². The fourth-order valence-corrected chi connectivity index (χ4v) is 3.30. The van der Waals surface area contributed by atoms with Crippen molar-refractivity contribution < 1.29 is 8.42 Å². The minimum absolute atomic E-state index is 0.112. The van der Waals surface area contributed by atoms with Gasteiger partial charge >= 0.3 is 0 Å². The highest BCUT2D eigenvalue weighted by Gasteiger charge is 2.20. The Morgan fingerprint density at radius 1 is 1.29 bits per heavy atom. The van der Waals surface area contributed by atoms with E-state index in [1.165, 1.54) is 12.8 Å². The van der Waals surface area contributed by atoms with Crippen molar-refractivity contribution in [3.63, 3.8) is 0 Å². The van der Waals surface area contributed by atoms with Crippen molar-refractivity contribution in [2.24, 2.45) is 0 Å². The highest BCUT2D eigenvalue weighted by Crippen LogP contribution is 2.18. The molecule has 0 aromatic carbocycles. The highest BCUT2D eigenvalue weighted by atomic mass is 32.2. The molecular weight excluding hydrogens is 236 g/mol. The Kier molecular flexibility index (Phi) is 6.44. The van der Waals surface area contributed by atoms with E-state index >= 15 is 0 Å². The normalized spacial score (nSPS) is 18.2. The number of hydrogen-bond donors (Lipinski definition) is 2. The first-order chi connectivity index (χ1) is 8.07. The molecule has 5 heteroatoms. The molecule has 0 aromatic rings. The minimum atomic E-state index is -3.08. The molecule has 0 saturated heterocycles. The summed E-state index contributed by atoms with van der Waals surface area (Å²) in [5.41, 5.74) is 0. The first-order valence-electron chi connectivity index (χ1n) is 6.80. The predicted octanol–water partition coefficient (Wildman–Crippen LogP) is 1.63. The van der Waals surface area contributed by atoms with E-state index < -0.39 is 10.0 Å². The van der Waals surface area contributed by atoms with Crippen LogP contribution in [0.25, 0.3) is 0 Å². The van der Waals surface area contributed by atoms with E-state index in [1.807, 2.05) is 6.92 Å². The van der Waals surface area contributed by atoms with Gasteiger partial charge in [-0.25, -0.2) is 13.1 Å². The zero-order chi connectivity index (χ0) is 12.7. The maximum absolute atomic E-state index is 11.8. The van der Waals surface area contributed by atoms with Crippen LogP contribution in [0.15, 0.2) is 0 Å². The molecule has 102 valence electrons. The first-order valence-corrected chi connectivity index (χ1v) is 8.46. The van der Waals surface area contributed by atoms with Crippen LogP contribution in [0.2, 0.25) is 0 Å². The summed E-state index contributed by atoms with van der Waals surface area (Å²) >= 11 is 0. The maximum Gasteiger partial charge on any atom is 0.211 e. The molecule has 4 nitrogen and oxygen atoms in total. The minimum Gasteiger partial charge on any atom is -0.314 e. The van der Waals surface area contributed by atoms with Gasteiger partial charge in [-0.1, -0.05) is 20.3 Å². The van der Waals surface area contributed by atoms with Gasteiger partial charge in [0.2, 0.25) is 10.0 Å². The molecule has 17 heavy (non-hydrogen) atoms. The molecule has 1 rings (SSSR count). The van der Waals surface area contributed by atoms with Crippen LogP contribution in [0.1, 0.15) is 52.4 Å². The average Bonchev–Trinajstić information content (AvgIpc) is 3.07. The topological polar surface area (TPSA) is 58.2 Å². The molecule has 0 spiro atoms. The Bertz CT molecular complexity index is 300. The van der Waals surface area contributed by atoms with Crippen LogP contribution in [0, 0.1) is 0 Å². The third-order valence-electron chi connectivity index (χ3n) is 3.08. The number of rotatable bonds is 10. The first kappa shape index (κ1) is 14.9. The monoisotopic (exact) mass is 262 g/mol. The highest BCUT2D eigenvalue weighted by molar-refractivity contribution is 7.89. The second-order valence-electron chi connectivity index (χ2n) is 4.91. The van der Waals surface area contributed by atoms with Crippen molar-refractivity contribution in [1.82, 2.24) is 10.0 Å². The summed E-state index contributed by atoms with van der Waals surface area (Å²) in [6.07, 6.45) is 6.01. The van der Waals surface area contributed by atoms with Gasteiger partial charge in [-0.3, -0.25) is 0 Å². The summed E-state index contributed by atoms with van der Waals surface area (Å²) < 4.78 is 26.4. The van der Waals surface area contributed by atoms with Crippen molar-refractivity contribution in [1.29, 1.82) is 0 Å². The van der Waals surface area contributed by atoms with E-state index in [2.05, 4.69) is 17.0 Å². The second-order valence-corrected chi connectivity index (χ2v) is 6.79. The van der Waals surface area contributed by atoms with Gasteiger partial charge in [0, 0.05) is 12.1 Å². The lowest BCUT2D eigenvalue weighted by Gasteiger charge is -2.16. The summed E-state index contributed by atoms with van der Waals surface area (Å²) in [5, 5.41) is 3.33. The molecule has 0 aliphatic heterocycles. The molecule has 1 atom stereocenters. The van der Waals surface area contributed by atoms with Gasteiger partial charge in [-0.05, 0) is 38.6 Å². The third-order valence-corrected chi connectivity index (χ3v) is 4.59. The number of hydrogen-bond acceptors (Lipinski definition) is 3. The SMILES string of the molecule is CCCC(CC)NS(=O)(=O)CCCNC1CC1. The summed E-state index contributed by atoms with van der Waals surface area (Å²) in [5.74, 6) is 0.243. The fourth-order valence-electron chi connectivity index (χ4n) is 1.86. The van der Waals surface area contributed by atoms with Crippen LogP contribution < -0.4 is 10.0 Å². The van der Waals surface area contributed by atoms with Crippen LogP contribution in [0.3, 0.4) is 0 Å². The molecule has 1 aliphatic carbocycles. The van der Waals surface area contributed by atoms with Gasteiger partial charge in [0.25, 0.3) is 0 Å². The summed E-state index contributed by atoms with van der Waals surface area (Å²) in [6.45, 7) is 4.92. The lowest BCUT2D eigenvalue weighted by Crippen LogP contribution is -2.36. The summed E-state index contributed by atoms with van der Waals surface area (Å²) in [7, 11) is -3.08. The molecule has 0 radical (unpaired) electrons. The van der Waals surface area contributed by atoms with Gasteiger partial charge in [-0.15, -0.1) is 0 Å². The van der Waals surface area contributed by atoms with E-state index in [0.717, 1.165) is 25.8 Å². The molecule has 0 aromatic heterocycles. The van der Waals surface area contributed by atoms with E-state index in [-0.39, 0.29) is 11.8 Å². The Labute approximate surface area is 106 Å². The Hall–Kier alpha value is -0.130. The van der Waals surface area contributed by atoms with E-state index in [9.17, 15) is 8.42 Å². The van der Waals surface area contributed by atoms with Crippen molar-refractivity contribution in [2.75, 3.05) is 12.3 Å². The lowest BCUT2D eigenvalue weighted by atomic mass is 10.1. The van der Waals surface area contributed by atoms with Crippen molar-refractivity contribution >= 4 is 10.0 Å². The van der Waals surface area contributed by atoms with Crippen LogP contribution in [0.5, 0.6) is 0 Å². The van der Waals surface area contributed by atoms with Gasteiger partial charge in [0.1, 0.15) is 0 Å². The van der Waals surface area contributed by atoms with Crippen molar-refractivity contribution in [3.05, 3.63) is 0 Å². The van der Waals surface area contributed by atoms with E-state index in [0.29, 0.717) is 12.5 Å². The lowest BCUT2D eigenvalue weighted by molar-refractivity contribution is 0.510. The van der Waals surface area contributed by atoms with Gasteiger partial charge < -0.3 is 5.32 Å². The largest absolute Gasteiger partial charge is 0.314 e. The number of sulfonamides is 1. The number of nitrogens with one attached hydrogen (secondary N) is 2. The van der Waals surface area contributed by atoms with E-state index in [4.69, 9.17) is 0 Å². The molecule has 2 N–H and O–H groups in total. The molecular formula is C12H26N2O2S. The smallest absolute Gasteiger partial charge is 0.211 e. The van der Waals surface area contributed by atoms with E-state index in [1.54, 1.807) is 0 Å². The molecule has 1 unspecified atom stereocenters. The summed E-state index contributed by atoms with van der Waals surface area (Å²) in [6, 6.07) is 0.774. The molecule has 1 aliphatic rings. The molecule has 0 heterocycles. The van der Waals surface area contributed by atoms with Crippen LogP contribution in [-0.4, -0.2) is 32.8 Å². The van der Waals surface area contributed by atoms with Crippen LogP contribution in [0.4, 0.5) is 0 Å². The quantitative estimate of drug-likeness (QED) is 0.588. The third kappa shape index (κ3) is 7.01. The maximum atomic E-state index is 11.8. The van der Waals surface area contributed by atoms with Crippen LogP contribution in [-0.2, 0) is 10.0 Å². The zero-order valence-corrected chi connectivity index (χ0v) is 11.9. The molecule has 1 fully saturated rings. The van der Waals surface area contributed by atoms with Crippen molar-refractivity contribution in [2.45, 2.75) is 64.5 Å². The summed E-state index contributed by atoms with van der Waals surface area (Å²) in [4.78, 5) is 0. The standard InChI is InChI=1S/C12H26N2O2S/c1-3-6-11(4-2)14-17(15,16)10-5-9-13-12-7-8-12/h11-14H,3-10H2,1-2H3. The Balaban J connectivity index is 2.18. The average molecular weight is 262 g/mol. The fraction of sp³-hybridized carbons (Fsp3) is 1.00. The molecule has 0 amide bonds.